The largest absolute Gasteiger partial charge is 0.496 e. The molecule has 0 heterocycles. The molecule has 112 valence electrons. The number of methoxy groups -OCH3 is 1. The summed E-state index contributed by atoms with van der Waals surface area (Å²) >= 11 is 0. The average Bonchev–Trinajstić information content (AvgIpc) is 2.34. The van der Waals surface area contributed by atoms with Gasteiger partial charge in [0.1, 0.15) is 5.75 Å². The first-order valence-electron chi connectivity index (χ1n) is 7.43. The Bertz CT molecular complexity index is 456. The molecule has 1 fully saturated rings. The molecule has 1 saturated carbocycles. The second kappa shape index (κ2) is 6.04. The molecule has 3 nitrogen and oxygen atoms in total. The van der Waals surface area contributed by atoms with E-state index < -0.39 is 0 Å². The summed E-state index contributed by atoms with van der Waals surface area (Å²) in [5.74, 6) is 1.55. The monoisotopic (exact) mass is 277 g/mol. The molecular weight excluding hydrogens is 250 g/mol. The number of rotatable bonds is 4. The summed E-state index contributed by atoms with van der Waals surface area (Å²) in [6.45, 7) is 7.59. The van der Waals surface area contributed by atoms with Gasteiger partial charge in [0.15, 0.2) is 0 Å². The fourth-order valence-corrected chi connectivity index (χ4v) is 3.47. The predicted molar refractivity (Wildman–Crippen MR) is 82.8 cm³/mol. The molecule has 1 aromatic carbocycles. The van der Waals surface area contributed by atoms with Gasteiger partial charge in [-0.1, -0.05) is 26.8 Å². The van der Waals surface area contributed by atoms with E-state index in [0.29, 0.717) is 18.1 Å². The lowest BCUT2D eigenvalue weighted by Gasteiger charge is -2.38. The topological polar surface area (TPSA) is 44.5 Å². The summed E-state index contributed by atoms with van der Waals surface area (Å²) in [4.78, 5) is 0. The highest BCUT2D eigenvalue weighted by Gasteiger charge is 2.32. The first-order chi connectivity index (χ1) is 9.39. The Balaban J connectivity index is 1.98. The Morgan fingerprint density at radius 3 is 2.70 bits per heavy atom. The standard InChI is InChI=1S/C17H27NO2/c1-12-7-15(10-17(2,3)9-12)20-11-13-5-6-14(18)8-16(13)19-4/h5-6,8,12,15H,7,9-11,18H2,1-4H3. The van der Waals surface area contributed by atoms with Crippen molar-refractivity contribution in [1.82, 2.24) is 0 Å². The van der Waals surface area contributed by atoms with E-state index in [4.69, 9.17) is 15.2 Å². The lowest BCUT2D eigenvalue weighted by Crippen LogP contribution is -2.32. The van der Waals surface area contributed by atoms with Gasteiger partial charge in [-0.15, -0.1) is 0 Å². The van der Waals surface area contributed by atoms with E-state index in [0.717, 1.165) is 35.8 Å². The van der Waals surface area contributed by atoms with Crippen molar-refractivity contribution in [1.29, 1.82) is 0 Å². The first-order valence-corrected chi connectivity index (χ1v) is 7.43. The number of hydrogen-bond acceptors (Lipinski definition) is 3. The number of nitrogen functional groups attached to an aromatic ring is 1. The molecule has 0 aliphatic heterocycles. The lowest BCUT2D eigenvalue weighted by atomic mass is 9.71. The third-order valence-corrected chi connectivity index (χ3v) is 4.13. The minimum absolute atomic E-state index is 0.344. The van der Waals surface area contributed by atoms with Crippen LogP contribution in [0, 0.1) is 11.3 Å². The second-order valence-corrected chi connectivity index (χ2v) is 6.92. The van der Waals surface area contributed by atoms with Crippen molar-refractivity contribution in [3.05, 3.63) is 23.8 Å². The zero-order valence-corrected chi connectivity index (χ0v) is 13.1. The fraction of sp³-hybridized carbons (Fsp3) is 0.647. The molecule has 1 aromatic rings. The van der Waals surface area contributed by atoms with Crippen molar-refractivity contribution in [2.75, 3.05) is 12.8 Å². The molecule has 1 aliphatic rings. The molecule has 0 aromatic heterocycles. The number of nitrogens with two attached hydrogens (primary N) is 1. The smallest absolute Gasteiger partial charge is 0.126 e. The van der Waals surface area contributed by atoms with Crippen LogP contribution in [0.15, 0.2) is 18.2 Å². The summed E-state index contributed by atoms with van der Waals surface area (Å²) in [5.41, 5.74) is 7.95. The van der Waals surface area contributed by atoms with Crippen molar-refractivity contribution in [2.45, 2.75) is 52.7 Å². The maximum Gasteiger partial charge on any atom is 0.126 e. The van der Waals surface area contributed by atoms with E-state index in [9.17, 15) is 0 Å². The van der Waals surface area contributed by atoms with E-state index in [2.05, 4.69) is 20.8 Å². The van der Waals surface area contributed by atoms with Crippen LogP contribution in [-0.4, -0.2) is 13.2 Å². The molecule has 0 amide bonds. The Labute approximate surface area is 122 Å². The SMILES string of the molecule is COc1cc(N)ccc1COC1CC(C)CC(C)(C)C1. The van der Waals surface area contributed by atoms with Gasteiger partial charge in [-0.25, -0.2) is 0 Å². The van der Waals surface area contributed by atoms with Gasteiger partial charge in [-0.2, -0.15) is 0 Å². The van der Waals surface area contributed by atoms with Crippen LogP contribution in [0.5, 0.6) is 5.75 Å². The highest BCUT2D eigenvalue weighted by atomic mass is 16.5. The molecule has 2 atom stereocenters. The maximum absolute atomic E-state index is 6.14. The van der Waals surface area contributed by atoms with E-state index in [1.807, 2.05) is 18.2 Å². The molecular formula is C17H27NO2. The molecule has 2 rings (SSSR count). The normalized spacial score (nSPS) is 25.4. The number of hydrogen-bond donors (Lipinski definition) is 1. The third-order valence-electron chi connectivity index (χ3n) is 4.13. The van der Waals surface area contributed by atoms with E-state index >= 15 is 0 Å². The fourth-order valence-electron chi connectivity index (χ4n) is 3.47. The summed E-state index contributed by atoms with van der Waals surface area (Å²) in [6.07, 6.45) is 3.92. The quantitative estimate of drug-likeness (QED) is 0.846. The zero-order valence-electron chi connectivity index (χ0n) is 13.1. The summed E-state index contributed by atoms with van der Waals surface area (Å²) < 4.78 is 11.5. The van der Waals surface area contributed by atoms with Crippen molar-refractivity contribution in [3.63, 3.8) is 0 Å². The van der Waals surface area contributed by atoms with Gasteiger partial charge in [0.2, 0.25) is 0 Å². The Kier molecular flexibility index (Phi) is 4.59. The van der Waals surface area contributed by atoms with Crippen LogP contribution in [0.3, 0.4) is 0 Å². The highest BCUT2D eigenvalue weighted by Crippen LogP contribution is 2.40. The predicted octanol–water partition coefficient (Wildman–Crippen LogP) is 4.01. The van der Waals surface area contributed by atoms with Gasteiger partial charge < -0.3 is 15.2 Å². The van der Waals surface area contributed by atoms with Crippen LogP contribution in [-0.2, 0) is 11.3 Å². The molecule has 3 heteroatoms. The Morgan fingerprint density at radius 1 is 1.30 bits per heavy atom. The van der Waals surface area contributed by atoms with Crippen LogP contribution in [0.2, 0.25) is 0 Å². The summed E-state index contributed by atoms with van der Waals surface area (Å²) in [5, 5.41) is 0. The van der Waals surface area contributed by atoms with Crippen LogP contribution < -0.4 is 10.5 Å². The molecule has 2 N–H and O–H groups in total. The van der Waals surface area contributed by atoms with E-state index in [1.165, 1.54) is 6.42 Å². The molecule has 0 spiro atoms. The number of anilines is 1. The summed E-state index contributed by atoms with van der Waals surface area (Å²) in [7, 11) is 1.67. The van der Waals surface area contributed by atoms with E-state index in [1.54, 1.807) is 7.11 Å². The minimum atomic E-state index is 0.344. The molecule has 0 saturated heterocycles. The number of benzene rings is 1. The molecule has 0 radical (unpaired) electrons. The van der Waals surface area contributed by atoms with Crippen molar-refractivity contribution < 1.29 is 9.47 Å². The third kappa shape index (κ3) is 3.89. The van der Waals surface area contributed by atoms with Gasteiger partial charge in [0, 0.05) is 17.3 Å². The Hall–Kier alpha value is -1.22. The highest BCUT2D eigenvalue weighted by molar-refractivity contribution is 5.48. The van der Waals surface area contributed by atoms with Crippen LogP contribution in [0.1, 0.15) is 45.6 Å². The van der Waals surface area contributed by atoms with Gasteiger partial charge in [-0.05, 0) is 36.7 Å². The Morgan fingerprint density at radius 2 is 2.05 bits per heavy atom. The van der Waals surface area contributed by atoms with Gasteiger partial charge in [0.25, 0.3) is 0 Å². The second-order valence-electron chi connectivity index (χ2n) is 6.92. The molecule has 1 aliphatic carbocycles. The van der Waals surface area contributed by atoms with Crippen molar-refractivity contribution in [3.8, 4) is 5.75 Å². The minimum Gasteiger partial charge on any atom is -0.496 e. The average molecular weight is 277 g/mol. The molecule has 2 unspecified atom stereocenters. The summed E-state index contributed by atoms with van der Waals surface area (Å²) in [6, 6.07) is 5.74. The van der Waals surface area contributed by atoms with Crippen LogP contribution in [0.25, 0.3) is 0 Å². The van der Waals surface area contributed by atoms with Crippen molar-refractivity contribution >= 4 is 5.69 Å². The van der Waals surface area contributed by atoms with Gasteiger partial charge >= 0.3 is 0 Å². The van der Waals surface area contributed by atoms with Crippen LogP contribution in [0.4, 0.5) is 5.69 Å². The number of ether oxygens (including phenoxy) is 2. The van der Waals surface area contributed by atoms with Crippen LogP contribution >= 0.6 is 0 Å². The first kappa shape index (κ1) is 15.2. The lowest BCUT2D eigenvalue weighted by molar-refractivity contribution is -0.0320. The van der Waals surface area contributed by atoms with Crippen molar-refractivity contribution in [2.24, 2.45) is 11.3 Å². The molecule has 0 bridgehead atoms. The maximum atomic E-state index is 6.14. The van der Waals surface area contributed by atoms with Gasteiger partial charge in [0.05, 0.1) is 19.8 Å². The molecule has 20 heavy (non-hydrogen) atoms. The van der Waals surface area contributed by atoms with E-state index in [-0.39, 0.29) is 0 Å². The zero-order chi connectivity index (χ0) is 14.8. The van der Waals surface area contributed by atoms with Gasteiger partial charge in [-0.3, -0.25) is 0 Å².